The average Bonchev–Trinajstić information content (AvgIpc) is 2.25. The first-order valence-electron chi connectivity index (χ1n) is 5.13. The fourth-order valence-corrected chi connectivity index (χ4v) is 1.59. The minimum Gasteiger partial charge on any atom is -0.507 e. The van der Waals surface area contributed by atoms with Crippen LogP contribution in [0.4, 0.5) is 0 Å². The minimum atomic E-state index is 0.00247. The number of phenolic OH excluding ortho intramolecular Hbond substituents is 1. The molecule has 1 rings (SSSR count). The van der Waals surface area contributed by atoms with Crippen LogP contribution in [0.3, 0.4) is 0 Å². The summed E-state index contributed by atoms with van der Waals surface area (Å²) in [6.07, 6.45) is 3.22. The van der Waals surface area contributed by atoms with Crippen molar-refractivity contribution in [3.63, 3.8) is 0 Å². The second-order valence-electron chi connectivity index (χ2n) is 3.44. The molecule has 0 heterocycles. The van der Waals surface area contributed by atoms with E-state index in [0.29, 0.717) is 17.9 Å². The number of phenols is 1. The molecule has 3 heteroatoms. The molecule has 1 N–H and O–H groups in total. The first-order chi connectivity index (χ1) is 7.25. The van der Waals surface area contributed by atoms with Crippen LogP contribution in [-0.2, 0) is 0 Å². The Kier molecular flexibility index (Phi) is 5.19. The maximum Gasteiger partial charge on any atom is 0.166 e. The van der Waals surface area contributed by atoms with Crippen LogP contribution in [-0.4, -0.2) is 16.8 Å². The Hall–Kier alpha value is -1.02. The van der Waals surface area contributed by atoms with Gasteiger partial charge in [-0.05, 0) is 25.0 Å². The Morgan fingerprint density at radius 3 is 2.60 bits per heavy atom. The minimum absolute atomic E-state index is 0.00247. The monoisotopic (exact) mass is 226 g/mol. The molecule has 0 atom stereocenters. The lowest BCUT2D eigenvalue weighted by Gasteiger charge is -2.02. The molecule has 15 heavy (non-hydrogen) atoms. The summed E-state index contributed by atoms with van der Waals surface area (Å²) in [5, 5.41) is 9.44. The van der Waals surface area contributed by atoms with E-state index in [9.17, 15) is 9.90 Å². The summed E-state index contributed by atoms with van der Waals surface area (Å²) in [5.74, 6) is 0.715. The van der Waals surface area contributed by atoms with Gasteiger partial charge in [-0.1, -0.05) is 18.6 Å². The number of hydrogen-bond acceptors (Lipinski definition) is 2. The largest absolute Gasteiger partial charge is 0.507 e. The molecule has 0 saturated heterocycles. The van der Waals surface area contributed by atoms with Crippen molar-refractivity contribution in [1.29, 1.82) is 0 Å². The Morgan fingerprint density at radius 2 is 1.93 bits per heavy atom. The van der Waals surface area contributed by atoms with Gasteiger partial charge < -0.3 is 5.11 Å². The Balaban J connectivity index is 2.44. The summed E-state index contributed by atoms with van der Waals surface area (Å²) >= 11 is 5.53. The van der Waals surface area contributed by atoms with Crippen LogP contribution in [0.5, 0.6) is 5.75 Å². The van der Waals surface area contributed by atoms with Crippen LogP contribution in [0.2, 0.25) is 0 Å². The Labute approximate surface area is 94.9 Å². The molecule has 0 spiro atoms. The fraction of sp³-hybridized carbons (Fsp3) is 0.417. The van der Waals surface area contributed by atoms with Gasteiger partial charge in [0.25, 0.3) is 0 Å². The predicted octanol–water partition coefficient (Wildman–Crippen LogP) is 3.37. The van der Waals surface area contributed by atoms with Gasteiger partial charge in [0.2, 0.25) is 0 Å². The van der Waals surface area contributed by atoms with E-state index >= 15 is 0 Å². The summed E-state index contributed by atoms with van der Waals surface area (Å²) in [7, 11) is 0. The molecule has 82 valence electrons. The van der Waals surface area contributed by atoms with Crippen LogP contribution in [0.1, 0.15) is 36.0 Å². The number of para-hydroxylation sites is 1. The second-order valence-corrected chi connectivity index (χ2v) is 3.82. The highest BCUT2D eigenvalue weighted by molar-refractivity contribution is 6.17. The zero-order valence-corrected chi connectivity index (χ0v) is 9.33. The lowest BCUT2D eigenvalue weighted by atomic mass is 10.0. The zero-order chi connectivity index (χ0) is 11.1. The van der Waals surface area contributed by atoms with E-state index in [2.05, 4.69) is 0 Å². The molecule has 0 fully saturated rings. The Morgan fingerprint density at radius 1 is 1.20 bits per heavy atom. The number of carbonyl (C=O) groups is 1. The third kappa shape index (κ3) is 3.92. The van der Waals surface area contributed by atoms with Crippen LogP contribution in [0.25, 0.3) is 0 Å². The number of rotatable bonds is 6. The van der Waals surface area contributed by atoms with Crippen molar-refractivity contribution >= 4 is 17.4 Å². The lowest BCUT2D eigenvalue weighted by Crippen LogP contribution is -1.99. The van der Waals surface area contributed by atoms with Crippen molar-refractivity contribution in [2.24, 2.45) is 0 Å². The van der Waals surface area contributed by atoms with Crippen molar-refractivity contribution in [3.05, 3.63) is 29.8 Å². The molecule has 0 aliphatic rings. The van der Waals surface area contributed by atoms with E-state index in [4.69, 9.17) is 11.6 Å². The van der Waals surface area contributed by atoms with Gasteiger partial charge in [-0.2, -0.15) is 0 Å². The van der Waals surface area contributed by atoms with Crippen LogP contribution >= 0.6 is 11.6 Å². The van der Waals surface area contributed by atoms with E-state index in [0.717, 1.165) is 19.3 Å². The molecule has 0 saturated carbocycles. The number of aromatic hydroxyl groups is 1. The number of carbonyl (C=O) groups excluding carboxylic acids is 1. The number of halogens is 1. The normalized spacial score (nSPS) is 10.2. The number of hydrogen-bond donors (Lipinski definition) is 1. The SMILES string of the molecule is O=C(CCCCCCl)c1ccccc1O. The molecular formula is C12H15ClO2. The summed E-state index contributed by atoms with van der Waals surface area (Å²) in [6, 6.07) is 6.65. The smallest absolute Gasteiger partial charge is 0.166 e. The van der Waals surface area contributed by atoms with Gasteiger partial charge in [0, 0.05) is 12.3 Å². The molecule has 0 radical (unpaired) electrons. The van der Waals surface area contributed by atoms with Gasteiger partial charge in [-0.25, -0.2) is 0 Å². The lowest BCUT2D eigenvalue weighted by molar-refractivity contribution is 0.0976. The summed E-state index contributed by atoms with van der Waals surface area (Å²) < 4.78 is 0. The molecule has 1 aromatic carbocycles. The van der Waals surface area contributed by atoms with Crippen molar-refractivity contribution < 1.29 is 9.90 Å². The maximum absolute atomic E-state index is 11.6. The standard InChI is InChI=1S/C12H15ClO2/c13-9-5-1-2-7-11(14)10-6-3-4-8-12(10)15/h3-4,6,8,15H,1-2,5,7,9H2. The van der Waals surface area contributed by atoms with Gasteiger partial charge >= 0.3 is 0 Å². The van der Waals surface area contributed by atoms with Gasteiger partial charge in [-0.3, -0.25) is 4.79 Å². The highest BCUT2D eigenvalue weighted by atomic mass is 35.5. The predicted molar refractivity (Wildman–Crippen MR) is 61.6 cm³/mol. The first kappa shape index (κ1) is 12.1. The number of ketones is 1. The molecule has 0 bridgehead atoms. The molecule has 1 aromatic rings. The number of alkyl halides is 1. The third-order valence-electron chi connectivity index (χ3n) is 2.24. The van der Waals surface area contributed by atoms with Gasteiger partial charge in [0.05, 0.1) is 5.56 Å². The van der Waals surface area contributed by atoms with E-state index in [1.807, 2.05) is 0 Å². The number of benzene rings is 1. The van der Waals surface area contributed by atoms with Crippen molar-refractivity contribution in [1.82, 2.24) is 0 Å². The quantitative estimate of drug-likeness (QED) is 0.459. The second kappa shape index (κ2) is 6.46. The molecule has 0 aliphatic heterocycles. The van der Waals surface area contributed by atoms with E-state index in [1.54, 1.807) is 18.2 Å². The Bertz CT molecular complexity index is 323. The molecule has 0 amide bonds. The highest BCUT2D eigenvalue weighted by Crippen LogP contribution is 2.18. The number of Topliss-reactive ketones (excluding diaryl/α,β-unsaturated/α-hetero) is 1. The van der Waals surface area contributed by atoms with Crippen LogP contribution < -0.4 is 0 Å². The molecule has 0 aromatic heterocycles. The topological polar surface area (TPSA) is 37.3 Å². The van der Waals surface area contributed by atoms with E-state index in [-0.39, 0.29) is 11.5 Å². The van der Waals surface area contributed by atoms with Crippen molar-refractivity contribution in [3.8, 4) is 5.75 Å². The van der Waals surface area contributed by atoms with Crippen LogP contribution in [0, 0.1) is 0 Å². The van der Waals surface area contributed by atoms with E-state index in [1.165, 1.54) is 6.07 Å². The summed E-state index contributed by atoms with van der Waals surface area (Å²) in [6.45, 7) is 0. The van der Waals surface area contributed by atoms with E-state index < -0.39 is 0 Å². The fourth-order valence-electron chi connectivity index (χ4n) is 1.40. The first-order valence-corrected chi connectivity index (χ1v) is 5.66. The maximum atomic E-state index is 11.6. The van der Waals surface area contributed by atoms with Gasteiger partial charge in [-0.15, -0.1) is 11.6 Å². The van der Waals surface area contributed by atoms with Crippen molar-refractivity contribution in [2.75, 3.05) is 5.88 Å². The summed E-state index contributed by atoms with van der Waals surface area (Å²) in [5.41, 5.74) is 0.420. The molecule has 0 unspecified atom stereocenters. The highest BCUT2D eigenvalue weighted by Gasteiger charge is 2.09. The summed E-state index contributed by atoms with van der Waals surface area (Å²) in [4.78, 5) is 11.6. The number of unbranched alkanes of at least 4 members (excludes halogenated alkanes) is 2. The van der Waals surface area contributed by atoms with Crippen LogP contribution in [0.15, 0.2) is 24.3 Å². The molecular weight excluding hydrogens is 212 g/mol. The third-order valence-corrected chi connectivity index (χ3v) is 2.51. The zero-order valence-electron chi connectivity index (χ0n) is 8.58. The van der Waals surface area contributed by atoms with Crippen molar-refractivity contribution in [2.45, 2.75) is 25.7 Å². The van der Waals surface area contributed by atoms with Gasteiger partial charge in [0.15, 0.2) is 5.78 Å². The van der Waals surface area contributed by atoms with Gasteiger partial charge in [0.1, 0.15) is 5.75 Å². The molecule has 2 nitrogen and oxygen atoms in total. The average molecular weight is 227 g/mol. The molecule has 0 aliphatic carbocycles.